The smallest absolute Gasteiger partial charge is 0.251 e. The van der Waals surface area contributed by atoms with E-state index < -0.39 is 0 Å². The van der Waals surface area contributed by atoms with Crippen LogP contribution in [0.1, 0.15) is 25.0 Å². The molecule has 1 saturated heterocycles. The molecule has 0 saturated carbocycles. The first kappa shape index (κ1) is 20.6. The van der Waals surface area contributed by atoms with Gasteiger partial charge in [0.1, 0.15) is 19.0 Å². The lowest BCUT2D eigenvalue weighted by atomic mass is 9.98. The largest absolute Gasteiger partial charge is 0.486 e. The summed E-state index contributed by atoms with van der Waals surface area (Å²) < 4.78 is 27.7. The van der Waals surface area contributed by atoms with Gasteiger partial charge in [-0.3, -0.25) is 9.78 Å². The first-order valence-corrected chi connectivity index (χ1v) is 11.7. The van der Waals surface area contributed by atoms with Crippen LogP contribution in [0.15, 0.2) is 41.3 Å². The first-order valence-electron chi connectivity index (χ1n) is 11.7. The molecule has 33 heavy (non-hydrogen) atoms. The summed E-state index contributed by atoms with van der Waals surface area (Å²) in [5.74, 6) is 1.82. The van der Waals surface area contributed by atoms with Crippen LogP contribution < -0.4 is 20.3 Å². The molecule has 0 aliphatic carbocycles. The second-order valence-corrected chi connectivity index (χ2v) is 9.24. The highest BCUT2D eigenvalue weighted by Crippen LogP contribution is 2.36. The van der Waals surface area contributed by atoms with Crippen molar-refractivity contribution in [1.29, 1.82) is 0 Å². The van der Waals surface area contributed by atoms with Gasteiger partial charge in [-0.1, -0.05) is 0 Å². The van der Waals surface area contributed by atoms with E-state index in [0.29, 0.717) is 43.5 Å². The zero-order valence-electron chi connectivity index (χ0n) is 18.4. The molecule has 6 rings (SSSR count). The van der Waals surface area contributed by atoms with Gasteiger partial charge >= 0.3 is 0 Å². The fraction of sp³-hybridized carbons (Fsp3) is 0.440. The summed E-state index contributed by atoms with van der Waals surface area (Å²) in [6, 6.07) is 8.62. The fourth-order valence-electron chi connectivity index (χ4n) is 5.47. The molecule has 1 N–H and O–H groups in total. The van der Waals surface area contributed by atoms with Crippen LogP contribution in [0.2, 0.25) is 0 Å². The number of benzene rings is 1. The van der Waals surface area contributed by atoms with E-state index in [9.17, 15) is 9.18 Å². The number of pyridine rings is 2. The molecule has 2 atom stereocenters. The van der Waals surface area contributed by atoms with Gasteiger partial charge in [-0.2, -0.15) is 0 Å². The third-order valence-corrected chi connectivity index (χ3v) is 7.02. The highest BCUT2D eigenvalue weighted by molar-refractivity contribution is 5.84. The molecule has 3 aliphatic heterocycles. The molecule has 0 amide bonds. The summed E-state index contributed by atoms with van der Waals surface area (Å²) >= 11 is 0. The van der Waals surface area contributed by atoms with Gasteiger partial charge in [0.15, 0.2) is 11.5 Å². The average molecular weight is 453 g/mol. The molecule has 7 nitrogen and oxygen atoms in total. The van der Waals surface area contributed by atoms with Gasteiger partial charge in [-0.15, -0.1) is 0 Å². The summed E-state index contributed by atoms with van der Waals surface area (Å²) in [5, 5.41) is 4.46. The maximum absolute atomic E-state index is 14.8. The van der Waals surface area contributed by atoms with Crippen LogP contribution in [0.4, 0.5) is 4.39 Å². The Hall–Kier alpha value is -2.97. The van der Waals surface area contributed by atoms with E-state index in [4.69, 9.17) is 9.47 Å². The molecule has 1 fully saturated rings. The summed E-state index contributed by atoms with van der Waals surface area (Å²) in [6.45, 7) is 6.02. The Balaban J connectivity index is 0.00000241. The van der Waals surface area contributed by atoms with Crippen molar-refractivity contribution in [1.82, 2.24) is 19.8 Å². The second-order valence-electron chi connectivity index (χ2n) is 9.24. The van der Waals surface area contributed by atoms with Gasteiger partial charge < -0.3 is 24.3 Å². The minimum atomic E-state index is -0.200. The van der Waals surface area contributed by atoms with E-state index in [1.807, 2.05) is 6.07 Å². The van der Waals surface area contributed by atoms with Crippen molar-refractivity contribution in [2.24, 2.45) is 5.92 Å². The number of hydrogen-bond donors (Lipinski definition) is 1. The van der Waals surface area contributed by atoms with Crippen LogP contribution in [0.5, 0.6) is 11.5 Å². The first-order chi connectivity index (χ1) is 16.2. The van der Waals surface area contributed by atoms with E-state index in [1.165, 1.54) is 6.07 Å². The summed E-state index contributed by atoms with van der Waals surface area (Å²) in [4.78, 5) is 19.2. The Bertz CT molecular complexity index is 1270. The van der Waals surface area contributed by atoms with Crippen LogP contribution in [0.25, 0.3) is 10.9 Å². The lowest BCUT2D eigenvalue weighted by Gasteiger charge is -2.21. The van der Waals surface area contributed by atoms with Crippen LogP contribution >= 0.6 is 0 Å². The molecule has 5 heterocycles. The molecular weight excluding hydrogens is 423 g/mol. The Morgan fingerprint density at radius 1 is 1.15 bits per heavy atom. The van der Waals surface area contributed by atoms with E-state index in [1.54, 1.807) is 29.0 Å². The van der Waals surface area contributed by atoms with Gasteiger partial charge in [-0.05, 0) is 49.0 Å². The number of halogens is 1. The van der Waals surface area contributed by atoms with Crippen LogP contribution in [0.3, 0.4) is 0 Å². The molecule has 3 aromatic rings. The molecule has 0 bridgehead atoms. The summed E-state index contributed by atoms with van der Waals surface area (Å²) in [5.41, 5.74) is 2.37. The monoisotopic (exact) mass is 452 g/mol. The number of rotatable bonds is 6. The van der Waals surface area contributed by atoms with Gasteiger partial charge in [-0.25, -0.2) is 4.39 Å². The van der Waals surface area contributed by atoms with E-state index in [2.05, 4.69) is 15.2 Å². The quantitative estimate of drug-likeness (QED) is 0.620. The maximum Gasteiger partial charge on any atom is 0.251 e. The number of nitrogens with one attached hydrogen (secondary N) is 1. The van der Waals surface area contributed by atoms with Crippen molar-refractivity contribution in [3.05, 3.63) is 64.0 Å². The molecule has 8 heteroatoms. The van der Waals surface area contributed by atoms with Crippen molar-refractivity contribution in [3.8, 4) is 11.5 Å². The zero-order chi connectivity index (χ0) is 22.4. The average Bonchev–Trinajstić information content (AvgIpc) is 3.44. The second kappa shape index (κ2) is 8.43. The Labute approximate surface area is 192 Å². The zero-order valence-corrected chi connectivity index (χ0v) is 18.4. The maximum atomic E-state index is 14.8. The number of ether oxygens (including phenoxy) is 2. The highest BCUT2D eigenvalue weighted by Gasteiger charge is 2.32. The Morgan fingerprint density at radius 2 is 2.00 bits per heavy atom. The predicted octanol–water partition coefficient (Wildman–Crippen LogP) is 2.76. The standard InChI is InChI=1S/C25H27FN4O3.H2/c26-20-3-1-17-2-4-23(31)30-15-18(24(20)25(17)30)14-29-6-5-16(13-29)10-27-11-19-9-21-22(12-28-19)33-8-7-32-21;/h1-4,9,12,16,18,27H,5-8,10-11,13-15H2;1H/t16-,18?;/m1./s1. The lowest BCUT2D eigenvalue weighted by molar-refractivity contribution is 0.170. The van der Waals surface area contributed by atoms with E-state index in [-0.39, 0.29) is 18.7 Å². The molecule has 1 aromatic carbocycles. The third kappa shape index (κ3) is 3.87. The Kier molecular flexibility index (Phi) is 5.27. The number of aromatic nitrogens is 2. The van der Waals surface area contributed by atoms with Gasteiger partial charge in [0.25, 0.3) is 5.56 Å². The Morgan fingerprint density at radius 3 is 2.91 bits per heavy atom. The molecule has 1 unspecified atom stereocenters. The number of nitrogens with zero attached hydrogens (tertiary/aromatic N) is 3. The molecule has 3 aliphatic rings. The van der Waals surface area contributed by atoms with Crippen LogP contribution in [0, 0.1) is 11.7 Å². The topological polar surface area (TPSA) is 68.6 Å². The molecule has 0 radical (unpaired) electrons. The minimum Gasteiger partial charge on any atom is -0.486 e. The molecule has 2 aromatic heterocycles. The van der Waals surface area contributed by atoms with Gasteiger partial charge in [0.05, 0.1) is 17.4 Å². The molecule has 0 spiro atoms. The SMILES string of the molecule is O=c1ccc2ccc(F)c3c2n1CC3CN1CC[C@H](CNCc2cc3c(cn2)OCCO3)C1.[HH]. The van der Waals surface area contributed by atoms with Crippen molar-refractivity contribution in [3.63, 3.8) is 0 Å². The number of hydrogen-bond acceptors (Lipinski definition) is 6. The van der Waals surface area contributed by atoms with Crippen LogP contribution in [-0.2, 0) is 13.1 Å². The lowest BCUT2D eigenvalue weighted by Crippen LogP contribution is -2.30. The van der Waals surface area contributed by atoms with E-state index in [0.717, 1.165) is 54.9 Å². The van der Waals surface area contributed by atoms with Crippen LogP contribution in [-0.4, -0.2) is 53.8 Å². The minimum absolute atomic E-state index is 0. The normalized spacial score (nSPS) is 21.7. The van der Waals surface area contributed by atoms with Crippen molar-refractivity contribution in [2.75, 3.05) is 39.4 Å². The van der Waals surface area contributed by atoms with Crippen molar-refractivity contribution < 1.29 is 15.3 Å². The highest BCUT2D eigenvalue weighted by atomic mass is 19.1. The number of likely N-dealkylation sites (tertiary alicyclic amines) is 1. The molecule has 174 valence electrons. The fourth-order valence-corrected chi connectivity index (χ4v) is 5.47. The van der Waals surface area contributed by atoms with Crippen molar-refractivity contribution >= 4 is 10.9 Å². The van der Waals surface area contributed by atoms with Gasteiger partial charge in [0, 0.05) is 51.2 Å². The summed E-state index contributed by atoms with van der Waals surface area (Å²) in [6.07, 6.45) is 2.83. The molecular formula is C25H29FN4O3. The number of fused-ring (bicyclic) bond motifs is 1. The third-order valence-electron chi connectivity index (χ3n) is 7.02. The van der Waals surface area contributed by atoms with Crippen molar-refractivity contribution in [2.45, 2.75) is 25.4 Å². The van der Waals surface area contributed by atoms with E-state index >= 15 is 0 Å². The van der Waals surface area contributed by atoms with Gasteiger partial charge in [0.2, 0.25) is 0 Å². The summed E-state index contributed by atoms with van der Waals surface area (Å²) in [7, 11) is 0. The predicted molar refractivity (Wildman–Crippen MR) is 125 cm³/mol.